The summed E-state index contributed by atoms with van der Waals surface area (Å²) in [6, 6.07) is 65.6. The highest BCUT2D eigenvalue weighted by molar-refractivity contribution is 6.11. The van der Waals surface area contributed by atoms with Gasteiger partial charge in [-0.05, 0) is 84.8 Å². The Morgan fingerprint density at radius 2 is 0.845 bits per heavy atom. The largest absolute Gasteiger partial charge is 0.457 e. The van der Waals surface area contributed by atoms with E-state index >= 15 is 0 Å². The molecule has 274 valence electrons. The van der Waals surface area contributed by atoms with Gasteiger partial charge in [0, 0.05) is 56.1 Å². The van der Waals surface area contributed by atoms with Crippen molar-refractivity contribution in [2.75, 3.05) is 0 Å². The molecule has 0 saturated carbocycles. The van der Waals surface area contributed by atoms with E-state index in [0.717, 1.165) is 62.4 Å². The van der Waals surface area contributed by atoms with Gasteiger partial charge in [-0.1, -0.05) is 121 Å². The Kier molecular flexibility index (Phi) is 7.32. The Hall–Kier alpha value is -7.56. The molecule has 0 aliphatic heterocycles. The summed E-state index contributed by atoms with van der Waals surface area (Å²) in [5, 5.41) is 7.28. The zero-order valence-corrected chi connectivity index (χ0v) is 31.7. The molecule has 1 aliphatic rings. The van der Waals surface area contributed by atoms with Crippen LogP contribution in [0.1, 0.15) is 17.9 Å². The molecule has 11 aromatic rings. The second-order valence-corrected chi connectivity index (χ2v) is 15.3. The molecule has 0 N–H and O–H groups in total. The van der Waals surface area contributed by atoms with E-state index in [1.165, 1.54) is 43.5 Å². The van der Waals surface area contributed by atoms with E-state index in [0.29, 0.717) is 5.92 Å². The third kappa shape index (κ3) is 5.08. The smallest absolute Gasteiger partial charge is 0.131 e. The predicted octanol–water partition coefficient (Wildman–Crippen LogP) is 14.4. The molecule has 58 heavy (non-hydrogen) atoms. The molecule has 4 nitrogen and oxygen atoms in total. The van der Waals surface area contributed by atoms with Gasteiger partial charge in [-0.25, -0.2) is 0 Å². The van der Waals surface area contributed by atoms with Crippen molar-refractivity contribution >= 4 is 65.4 Å². The van der Waals surface area contributed by atoms with E-state index in [4.69, 9.17) is 4.74 Å². The number of benzene rings is 8. The first-order valence-corrected chi connectivity index (χ1v) is 20.0. The number of para-hydroxylation sites is 5. The number of hydrogen-bond donors (Lipinski definition) is 0. The second-order valence-electron chi connectivity index (χ2n) is 15.3. The molecule has 0 radical (unpaired) electrons. The lowest BCUT2D eigenvalue weighted by Gasteiger charge is -2.17. The van der Waals surface area contributed by atoms with Gasteiger partial charge in [0.15, 0.2) is 0 Å². The minimum Gasteiger partial charge on any atom is -0.457 e. The van der Waals surface area contributed by atoms with Crippen molar-refractivity contribution in [3.63, 3.8) is 0 Å². The summed E-state index contributed by atoms with van der Waals surface area (Å²) in [5.74, 6) is 1.92. The molecule has 3 heterocycles. The summed E-state index contributed by atoms with van der Waals surface area (Å²) in [6.45, 7) is 0. The van der Waals surface area contributed by atoms with E-state index < -0.39 is 0 Å². The number of aromatic nitrogens is 3. The standard InChI is InChI=1S/C54H37N3O/c1-3-15-36(16-4-1)37-27-29-53-47(31-37)45-21-9-14-26-52(45)57(53)40-32-39(56-49-23-11-7-19-43(49)44-20-8-12-24-50(44)56)33-42(34-40)58-41-28-30-54-48(35-41)46-22-10-13-25-51(46)55(54)38-17-5-2-6-18-38/h1-15,17-36H,16H2. The van der Waals surface area contributed by atoms with Gasteiger partial charge < -0.3 is 18.4 Å². The van der Waals surface area contributed by atoms with Crippen LogP contribution in [0.4, 0.5) is 0 Å². The quantitative estimate of drug-likeness (QED) is 0.166. The van der Waals surface area contributed by atoms with Crippen molar-refractivity contribution in [2.24, 2.45) is 0 Å². The first kappa shape index (κ1) is 32.7. The highest BCUT2D eigenvalue weighted by Crippen LogP contribution is 2.41. The monoisotopic (exact) mass is 743 g/mol. The Labute approximate surface area is 335 Å². The average Bonchev–Trinajstić information content (AvgIpc) is 3.92. The molecule has 1 atom stereocenters. The zero-order valence-electron chi connectivity index (χ0n) is 31.7. The van der Waals surface area contributed by atoms with Crippen molar-refractivity contribution in [2.45, 2.75) is 12.3 Å². The molecule has 8 aromatic carbocycles. The Balaban J connectivity index is 1.08. The van der Waals surface area contributed by atoms with Crippen molar-refractivity contribution in [3.8, 4) is 28.6 Å². The maximum Gasteiger partial charge on any atom is 0.131 e. The minimum atomic E-state index is 0.370. The molecular formula is C54H37N3O. The normalized spacial score (nSPS) is 14.2. The Morgan fingerprint density at radius 3 is 1.41 bits per heavy atom. The first-order chi connectivity index (χ1) is 28.8. The molecule has 0 amide bonds. The zero-order chi connectivity index (χ0) is 38.2. The molecule has 4 heteroatoms. The third-order valence-electron chi connectivity index (χ3n) is 12.0. The van der Waals surface area contributed by atoms with Gasteiger partial charge in [-0.2, -0.15) is 0 Å². The summed E-state index contributed by atoms with van der Waals surface area (Å²) in [6.07, 6.45) is 9.91. The number of rotatable bonds is 6. The van der Waals surface area contributed by atoms with Gasteiger partial charge in [0.1, 0.15) is 11.5 Å². The van der Waals surface area contributed by atoms with Gasteiger partial charge in [0.2, 0.25) is 0 Å². The summed E-state index contributed by atoms with van der Waals surface area (Å²) < 4.78 is 14.2. The van der Waals surface area contributed by atoms with Crippen LogP contribution in [0.5, 0.6) is 11.5 Å². The van der Waals surface area contributed by atoms with E-state index in [-0.39, 0.29) is 0 Å². The molecule has 0 fully saturated rings. The second kappa shape index (κ2) is 13.0. The molecule has 0 bridgehead atoms. The van der Waals surface area contributed by atoms with E-state index in [1.807, 2.05) is 0 Å². The van der Waals surface area contributed by atoms with Crippen molar-refractivity contribution < 1.29 is 4.74 Å². The molecule has 12 rings (SSSR count). The number of allylic oxidation sites excluding steroid dienone is 4. The summed E-state index contributed by atoms with van der Waals surface area (Å²) >= 11 is 0. The van der Waals surface area contributed by atoms with Crippen LogP contribution >= 0.6 is 0 Å². The van der Waals surface area contributed by atoms with Gasteiger partial charge in [-0.3, -0.25) is 0 Å². The third-order valence-corrected chi connectivity index (χ3v) is 12.0. The SMILES string of the molecule is C1=CCC(c2ccc3c(c2)c2ccccc2n3-c2cc(Oc3ccc4c(c3)c3ccccc3n4-c3ccccc3)cc(-n3c4ccccc4c4ccccc43)c2)C=C1. The highest BCUT2D eigenvalue weighted by Gasteiger charge is 2.20. The van der Waals surface area contributed by atoms with Gasteiger partial charge in [-0.15, -0.1) is 0 Å². The van der Waals surface area contributed by atoms with Crippen LogP contribution in [-0.2, 0) is 0 Å². The van der Waals surface area contributed by atoms with Gasteiger partial charge in [0.05, 0.1) is 44.5 Å². The van der Waals surface area contributed by atoms with Crippen LogP contribution in [0.25, 0.3) is 82.5 Å². The molecule has 0 saturated heterocycles. The van der Waals surface area contributed by atoms with Crippen molar-refractivity contribution in [1.82, 2.24) is 13.7 Å². The minimum absolute atomic E-state index is 0.370. The van der Waals surface area contributed by atoms with E-state index in [2.05, 4.69) is 220 Å². The van der Waals surface area contributed by atoms with Crippen LogP contribution in [0.15, 0.2) is 206 Å². The Bertz CT molecular complexity index is 3410. The van der Waals surface area contributed by atoms with Crippen LogP contribution in [0, 0.1) is 0 Å². The molecule has 1 aliphatic carbocycles. The van der Waals surface area contributed by atoms with Gasteiger partial charge in [0.25, 0.3) is 0 Å². The van der Waals surface area contributed by atoms with Crippen molar-refractivity contribution in [3.05, 3.63) is 212 Å². The first-order valence-electron chi connectivity index (χ1n) is 20.0. The lowest BCUT2D eigenvalue weighted by molar-refractivity contribution is 0.483. The number of hydrogen-bond acceptors (Lipinski definition) is 1. The highest BCUT2D eigenvalue weighted by atomic mass is 16.5. The van der Waals surface area contributed by atoms with Gasteiger partial charge >= 0.3 is 0 Å². The maximum atomic E-state index is 7.02. The molecule has 0 spiro atoms. The molecular weight excluding hydrogens is 707 g/mol. The maximum absolute atomic E-state index is 7.02. The summed E-state index contributed by atoms with van der Waals surface area (Å²) in [4.78, 5) is 0. The number of fused-ring (bicyclic) bond motifs is 9. The summed E-state index contributed by atoms with van der Waals surface area (Å²) in [5.41, 5.74) is 11.5. The van der Waals surface area contributed by atoms with Crippen LogP contribution in [0.2, 0.25) is 0 Å². The van der Waals surface area contributed by atoms with Crippen molar-refractivity contribution in [1.29, 1.82) is 0 Å². The lowest BCUT2D eigenvalue weighted by Crippen LogP contribution is -2.01. The number of ether oxygens (including phenoxy) is 1. The van der Waals surface area contributed by atoms with E-state index in [1.54, 1.807) is 0 Å². The van der Waals surface area contributed by atoms with Crippen LogP contribution in [-0.4, -0.2) is 13.7 Å². The van der Waals surface area contributed by atoms with Crippen LogP contribution < -0.4 is 4.74 Å². The predicted molar refractivity (Wildman–Crippen MR) is 242 cm³/mol. The average molecular weight is 744 g/mol. The fourth-order valence-corrected chi connectivity index (χ4v) is 9.42. The fourth-order valence-electron chi connectivity index (χ4n) is 9.42. The lowest BCUT2D eigenvalue weighted by atomic mass is 9.91. The fraction of sp³-hybridized carbons (Fsp3) is 0.0370. The Morgan fingerprint density at radius 1 is 0.362 bits per heavy atom. The van der Waals surface area contributed by atoms with E-state index in [9.17, 15) is 0 Å². The number of nitrogens with zero attached hydrogens (tertiary/aromatic N) is 3. The molecule has 1 unspecified atom stereocenters. The topological polar surface area (TPSA) is 24.0 Å². The van der Waals surface area contributed by atoms with Crippen LogP contribution in [0.3, 0.4) is 0 Å². The summed E-state index contributed by atoms with van der Waals surface area (Å²) in [7, 11) is 0. The molecule has 3 aromatic heterocycles.